The first-order valence-corrected chi connectivity index (χ1v) is 7.49. The van der Waals surface area contributed by atoms with Crippen LogP contribution in [-0.2, 0) is 4.79 Å². The Morgan fingerprint density at radius 1 is 1.40 bits per heavy atom. The van der Waals surface area contributed by atoms with Crippen LogP contribution in [0.25, 0.3) is 5.78 Å². The number of amides is 1. The Bertz CT molecular complexity index is 701. The summed E-state index contributed by atoms with van der Waals surface area (Å²) in [5.41, 5.74) is 0.553. The molecule has 1 amide bonds. The first-order valence-electron chi connectivity index (χ1n) is 6.51. The first kappa shape index (κ1) is 13.2. The van der Waals surface area contributed by atoms with Gasteiger partial charge in [-0.2, -0.15) is 0 Å². The molecule has 0 bridgehead atoms. The number of H-pyrrole nitrogens is 1. The Labute approximate surface area is 119 Å². The van der Waals surface area contributed by atoms with Crippen LogP contribution in [0, 0.1) is 6.92 Å². The summed E-state index contributed by atoms with van der Waals surface area (Å²) in [5.74, 6) is 0.886. The first-order chi connectivity index (χ1) is 9.65. The van der Waals surface area contributed by atoms with Crippen LogP contribution in [0.5, 0.6) is 0 Å². The fraction of sp³-hybridized carbons (Fsp3) is 0.500. The zero-order valence-corrected chi connectivity index (χ0v) is 11.9. The van der Waals surface area contributed by atoms with Gasteiger partial charge >= 0.3 is 0 Å². The van der Waals surface area contributed by atoms with E-state index >= 15 is 0 Å². The lowest BCUT2D eigenvalue weighted by Gasteiger charge is -2.14. The molecule has 0 radical (unpaired) electrons. The monoisotopic (exact) mass is 293 g/mol. The highest BCUT2D eigenvalue weighted by Gasteiger charge is 2.19. The van der Waals surface area contributed by atoms with Crippen molar-refractivity contribution in [2.75, 3.05) is 18.8 Å². The van der Waals surface area contributed by atoms with Crippen molar-refractivity contribution in [3.63, 3.8) is 0 Å². The van der Waals surface area contributed by atoms with E-state index in [0.29, 0.717) is 16.7 Å². The number of aromatic amines is 1. The molecular weight excluding hydrogens is 278 g/mol. The average Bonchev–Trinajstić information content (AvgIpc) is 3.04. The number of nitrogens with one attached hydrogen (secondary N) is 1. The average molecular weight is 293 g/mol. The van der Waals surface area contributed by atoms with Gasteiger partial charge in [-0.1, -0.05) is 11.8 Å². The van der Waals surface area contributed by atoms with E-state index in [0.717, 1.165) is 31.6 Å². The van der Waals surface area contributed by atoms with Gasteiger partial charge in [0.25, 0.3) is 5.56 Å². The molecule has 1 N–H and O–H groups in total. The lowest BCUT2D eigenvalue weighted by atomic mass is 10.4. The summed E-state index contributed by atoms with van der Waals surface area (Å²) in [6.07, 6.45) is 2.18. The molecule has 7 nitrogen and oxygen atoms in total. The molecule has 1 fully saturated rings. The van der Waals surface area contributed by atoms with Crippen molar-refractivity contribution in [1.82, 2.24) is 24.5 Å². The highest BCUT2D eigenvalue weighted by atomic mass is 32.2. The quantitative estimate of drug-likeness (QED) is 0.830. The Balaban J connectivity index is 1.78. The Hall–Kier alpha value is -1.83. The molecule has 3 rings (SSSR count). The van der Waals surface area contributed by atoms with E-state index in [1.807, 2.05) is 11.8 Å². The molecule has 0 saturated carbocycles. The van der Waals surface area contributed by atoms with Gasteiger partial charge < -0.3 is 4.90 Å². The number of thioether (sulfide) groups is 1. The summed E-state index contributed by atoms with van der Waals surface area (Å²) in [6.45, 7) is 3.52. The number of aromatic nitrogens is 4. The lowest BCUT2D eigenvalue weighted by Crippen LogP contribution is -2.29. The minimum absolute atomic E-state index is 0.131. The molecule has 20 heavy (non-hydrogen) atoms. The summed E-state index contributed by atoms with van der Waals surface area (Å²) in [5, 5.41) is 8.58. The second-order valence-electron chi connectivity index (χ2n) is 4.79. The van der Waals surface area contributed by atoms with E-state index < -0.39 is 0 Å². The van der Waals surface area contributed by atoms with Crippen LogP contribution in [0.15, 0.2) is 16.0 Å². The maximum absolute atomic E-state index is 12.0. The van der Waals surface area contributed by atoms with Gasteiger partial charge in [0.2, 0.25) is 11.7 Å². The zero-order valence-electron chi connectivity index (χ0n) is 11.1. The van der Waals surface area contributed by atoms with Gasteiger partial charge in [0.15, 0.2) is 5.16 Å². The van der Waals surface area contributed by atoms with E-state index in [4.69, 9.17) is 0 Å². The third-order valence-corrected chi connectivity index (χ3v) is 4.26. The van der Waals surface area contributed by atoms with Crippen LogP contribution < -0.4 is 5.56 Å². The predicted octanol–water partition coefficient (Wildman–Crippen LogP) is 0.441. The minimum atomic E-state index is -0.202. The lowest BCUT2D eigenvalue weighted by molar-refractivity contribution is -0.127. The normalized spacial score (nSPS) is 15.2. The number of hydrogen-bond acceptors (Lipinski definition) is 5. The smallest absolute Gasteiger partial charge is 0.252 e. The Morgan fingerprint density at radius 2 is 2.15 bits per heavy atom. The minimum Gasteiger partial charge on any atom is -0.342 e. The van der Waals surface area contributed by atoms with Crippen molar-refractivity contribution < 1.29 is 4.79 Å². The molecule has 1 saturated heterocycles. The molecule has 0 spiro atoms. The molecule has 2 aromatic rings. The molecule has 3 heterocycles. The van der Waals surface area contributed by atoms with Crippen LogP contribution in [0.1, 0.15) is 18.5 Å². The van der Waals surface area contributed by atoms with E-state index in [2.05, 4.69) is 15.2 Å². The van der Waals surface area contributed by atoms with Crippen LogP contribution in [-0.4, -0.2) is 49.2 Å². The summed E-state index contributed by atoms with van der Waals surface area (Å²) >= 11 is 1.35. The van der Waals surface area contributed by atoms with E-state index in [-0.39, 0.29) is 11.5 Å². The molecular formula is C12H15N5O2S. The summed E-state index contributed by atoms with van der Waals surface area (Å²) in [4.78, 5) is 27.9. The fourth-order valence-electron chi connectivity index (χ4n) is 2.35. The number of nitrogens with zero attached hydrogens (tertiary/aromatic N) is 4. The maximum Gasteiger partial charge on any atom is 0.252 e. The van der Waals surface area contributed by atoms with E-state index in [9.17, 15) is 9.59 Å². The number of fused-ring (bicyclic) bond motifs is 1. The van der Waals surface area contributed by atoms with Crippen molar-refractivity contribution in [3.8, 4) is 0 Å². The topological polar surface area (TPSA) is 83.4 Å². The van der Waals surface area contributed by atoms with Crippen LogP contribution in [0.3, 0.4) is 0 Å². The molecule has 0 aromatic carbocycles. The number of carbonyl (C=O) groups excluding carboxylic acids is 1. The van der Waals surface area contributed by atoms with Gasteiger partial charge in [-0.15, -0.1) is 10.2 Å². The standard InChI is InChI=1S/C12H15N5O2S/c1-8-6-9(18)13-11-14-15-12(17(8)11)20-7-10(19)16-4-2-3-5-16/h6H,2-5,7H2,1H3,(H,13,14,18). The van der Waals surface area contributed by atoms with Crippen molar-refractivity contribution in [3.05, 3.63) is 22.1 Å². The van der Waals surface area contributed by atoms with Gasteiger partial charge in [0.1, 0.15) is 0 Å². The Kier molecular flexibility index (Phi) is 3.47. The van der Waals surface area contributed by atoms with Crippen LogP contribution in [0.2, 0.25) is 0 Å². The molecule has 0 unspecified atom stereocenters. The molecule has 106 valence electrons. The van der Waals surface area contributed by atoms with Gasteiger partial charge in [0, 0.05) is 24.8 Å². The predicted molar refractivity (Wildman–Crippen MR) is 74.9 cm³/mol. The largest absolute Gasteiger partial charge is 0.342 e. The van der Waals surface area contributed by atoms with E-state index in [1.165, 1.54) is 17.8 Å². The summed E-state index contributed by atoms with van der Waals surface area (Å²) in [6, 6.07) is 1.49. The second kappa shape index (κ2) is 5.28. The third kappa shape index (κ3) is 2.43. The Morgan fingerprint density at radius 3 is 2.90 bits per heavy atom. The second-order valence-corrected chi connectivity index (χ2v) is 5.74. The SMILES string of the molecule is Cc1cc(=O)[nH]c2nnc(SCC(=O)N3CCCC3)n12. The highest BCUT2D eigenvalue weighted by molar-refractivity contribution is 7.99. The van der Waals surface area contributed by atoms with Crippen molar-refractivity contribution in [1.29, 1.82) is 0 Å². The highest BCUT2D eigenvalue weighted by Crippen LogP contribution is 2.18. The number of rotatable bonds is 3. The third-order valence-electron chi connectivity index (χ3n) is 3.34. The molecule has 0 aliphatic carbocycles. The number of aryl methyl sites for hydroxylation is 1. The van der Waals surface area contributed by atoms with Crippen molar-refractivity contribution in [2.45, 2.75) is 24.9 Å². The van der Waals surface area contributed by atoms with Crippen LogP contribution in [0.4, 0.5) is 0 Å². The summed E-state index contributed by atoms with van der Waals surface area (Å²) in [7, 11) is 0. The number of carbonyl (C=O) groups is 1. The van der Waals surface area contributed by atoms with Gasteiger partial charge in [-0.25, -0.2) is 0 Å². The molecule has 8 heteroatoms. The maximum atomic E-state index is 12.0. The van der Waals surface area contributed by atoms with Gasteiger partial charge in [0.05, 0.1) is 5.75 Å². The van der Waals surface area contributed by atoms with E-state index in [1.54, 1.807) is 4.40 Å². The molecule has 2 aromatic heterocycles. The fourth-order valence-corrected chi connectivity index (χ4v) is 3.24. The number of hydrogen-bond donors (Lipinski definition) is 1. The van der Waals surface area contributed by atoms with Gasteiger partial charge in [-0.3, -0.25) is 19.0 Å². The molecule has 1 aliphatic rings. The molecule has 1 aliphatic heterocycles. The number of likely N-dealkylation sites (tertiary alicyclic amines) is 1. The van der Waals surface area contributed by atoms with Gasteiger partial charge in [-0.05, 0) is 19.8 Å². The van der Waals surface area contributed by atoms with Crippen LogP contribution >= 0.6 is 11.8 Å². The molecule has 0 atom stereocenters. The summed E-state index contributed by atoms with van der Waals surface area (Å²) < 4.78 is 1.75. The van der Waals surface area contributed by atoms with Crippen molar-refractivity contribution in [2.24, 2.45) is 0 Å². The van der Waals surface area contributed by atoms with Crippen molar-refractivity contribution >= 4 is 23.4 Å². The zero-order chi connectivity index (χ0) is 14.1.